The van der Waals surface area contributed by atoms with Crippen molar-refractivity contribution in [1.82, 2.24) is 10.3 Å². The maximum absolute atomic E-state index is 13.9. The molecule has 0 saturated heterocycles. The number of benzene rings is 2. The van der Waals surface area contributed by atoms with Crippen LogP contribution in [0.15, 0.2) is 60.8 Å². The number of nitrogens with zero attached hydrogens (tertiary/aromatic N) is 1. The molecule has 0 aliphatic rings. The molecule has 0 aliphatic heterocycles. The maximum Gasteiger partial charge on any atom is 0.132 e. The van der Waals surface area contributed by atoms with E-state index >= 15 is 0 Å². The van der Waals surface area contributed by atoms with Crippen molar-refractivity contribution in [2.45, 2.75) is 18.9 Å². The molecule has 0 bridgehead atoms. The molecule has 3 aromatic rings. The Bertz CT molecular complexity index is 792. The number of halogens is 1. The van der Waals surface area contributed by atoms with E-state index in [-0.39, 0.29) is 18.3 Å². The minimum Gasteiger partial charge on any atom is -0.396 e. The van der Waals surface area contributed by atoms with Crippen LogP contribution in [0.2, 0.25) is 0 Å². The molecule has 3 rings (SSSR count). The highest BCUT2D eigenvalue weighted by atomic mass is 19.1. The van der Waals surface area contributed by atoms with Gasteiger partial charge in [-0.2, -0.15) is 0 Å². The number of aliphatic hydroxyl groups excluding tert-OH is 1. The summed E-state index contributed by atoms with van der Waals surface area (Å²) in [6.07, 6.45) is 2.39. The zero-order valence-corrected chi connectivity index (χ0v) is 13.5. The first-order valence-corrected chi connectivity index (χ1v) is 8.18. The first-order chi connectivity index (χ1) is 11.8. The number of rotatable bonds is 7. The van der Waals surface area contributed by atoms with Gasteiger partial charge in [0, 0.05) is 31.3 Å². The van der Waals surface area contributed by atoms with E-state index in [1.165, 1.54) is 11.6 Å². The molecule has 4 heteroatoms. The lowest BCUT2D eigenvalue weighted by molar-refractivity contribution is 0.273. The molecule has 24 heavy (non-hydrogen) atoms. The number of aliphatic hydroxyl groups is 1. The first kappa shape index (κ1) is 16.6. The SMILES string of the molecule is OCCC(CNCc1ccc(F)c2cccnc12)c1ccccc1. The second-order valence-corrected chi connectivity index (χ2v) is 5.86. The van der Waals surface area contributed by atoms with Gasteiger partial charge in [0.15, 0.2) is 0 Å². The number of fused-ring (bicyclic) bond motifs is 1. The lowest BCUT2D eigenvalue weighted by Gasteiger charge is -2.17. The molecule has 2 aromatic carbocycles. The van der Waals surface area contributed by atoms with Crippen LogP contribution in [0, 0.1) is 5.82 Å². The van der Waals surface area contributed by atoms with Gasteiger partial charge < -0.3 is 10.4 Å². The quantitative estimate of drug-likeness (QED) is 0.697. The van der Waals surface area contributed by atoms with Gasteiger partial charge in [-0.1, -0.05) is 36.4 Å². The lowest BCUT2D eigenvalue weighted by atomic mass is 9.96. The van der Waals surface area contributed by atoms with Gasteiger partial charge >= 0.3 is 0 Å². The zero-order chi connectivity index (χ0) is 16.8. The summed E-state index contributed by atoms with van der Waals surface area (Å²) in [5.74, 6) is 0.000152. The molecule has 0 radical (unpaired) electrons. The van der Waals surface area contributed by atoms with Gasteiger partial charge in [-0.15, -0.1) is 0 Å². The van der Waals surface area contributed by atoms with Crippen molar-refractivity contribution in [2.75, 3.05) is 13.2 Å². The first-order valence-electron chi connectivity index (χ1n) is 8.18. The van der Waals surface area contributed by atoms with Crippen molar-refractivity contribution in [1.29, 1.82) is 0 Å². The van der Waals surface area contributed by atoms with Crippen LogP contribution in [0.25, 0.3) is 10.9 Å². The summed E-state index contributed by atoms with van der Waals surface area (Å²) < 4.78 is 13.9. The van der Waals surface area contributed by atoms with E-state index in [1.54, 1.807) is 24.4 Å². The summed E-state index contributed by atoms with van der Waals surface area (Å²) in [5, 5.41) is 13.3. The van der Waals surface area contributed by atoms with Crippen LogP contribution in [0.4, 0.5) is 4.39 Å². The van der Waals surface area contributed by atoms with Gasteiger partial charge in [0.1, 0.15) is 5.82 Å². The van der Waals surface area contributed by atoms with Gasteiger partial charge in [0.25, 0.3) is 0 Å². The van der Waals surface area contributed by atoms with Gasteiger partial charge in [-0.05, 0) is 41.7 Å². The highest BCUT2D eigenvalue weighted by molar-refractivity contribution is 5.82. The fraction of sp³-hybridized carbons (Fsp3) is 0.250. The van der Waals surface area contributed by atoms with Crippen molar-refractivity contribution < 1.29 is 9.50 Å². The van der Waals surface area contributed by atoms with Crippen molar-refractivity contribution in [3.8, 4) is 0 Å². The van der Waals surface area contributed by atoms with E-state index < -0.39 is 0 Å². The third-order valence-electron chi connectivity index (χ3n) is 4.25. The van der Waals surface area contributed by atoms with Crippen molar-refractivity contribution in [3.05, 3.63) is 77.7 Å². The Kier molecular flexibility index (Phi) is 5.51. The summed E-state index contributed by atoms with van der Waals surface area (Å²) >= 11 is 0. The van der Waals surface area contributed by atoms with Gasteiger partial charge in [0.2, 0.25) is 0 Å². The number of pyridine rings is 1. The molecule has 1 unspecified atom stereocenters. The van der Waals surface area contributed by atoms with Crippen LogP contribution >= 0.6 is 0 Å². The van der Waals surface area contributed by atoms with E-state index in [9.17, 15) is 9.50 Å². The smallest absolute Gasteiger partial charge is 0.132 e. The molecule has 2 N–H and O–H groups in total. The van der Waals surface area contributed by atoms with Crippen molar-refractivity contribution >= 4 is 10.9 Å². The fourth-order valence-electron chi connectivity index (χ4n) is 2.99. The summed E-state index contributed by atoms with van der Waals surface area (Å²) in [6.45, 7) is 1.51. The highest BCUT2D eigenvalue weighted by Crippen LogP contribution is 2.21. The molecule has 0 fully saturated rings. The van der Waals surface area contributed by atoms with Gasteiger partial charge in [-0.3, -0.25) is 4.98 Å². The van der Waals surface area contributed by atoms with Crippen LogP contribution in [-0.4, -0.2) is 23.2 Å². The molecule has 3 nitrogen and oxygen atoms in total. The monoisotopic (exact) mass is 324 g/mol. The second kappa shape index (κ2) is 7.99. The Hall–Kier alpha value is -2.30. The van der Waals surface area contributed by atoms with Crippen LogP contribution in [0.1, 0.15) is 23.5 Å². The van der Waals surface area contributed by atoms with E-state index in [0.717, 1.165) is 12.1 Å². The third kappa shape index (κ3) is 3.78. The number of nitrogens with one attached hydrogen (secondary N) is 1. The number of hydrogen-bond donors (Lipinski definition) is 2. The van der Waals surface area contributed by atoms with Crippen LogP contribution in [0.3, 0.4) is 0 Å². The second-order valence-electron chi connectivity index (χ2n) is 5.86. The van der Waals surface area contributed by atoms with E-state index in [0.29, 0.717) is 23.9 Å². The Balaban J connectivity index is 1.70. The predicted molar refractivity (Wildman–Crippen MR) is 94.3 cm³/mol. The Morgan fingerprint density at radius 1 is 1.04 bits per heavy atom. The van der Waals surface area contributed by atoms with E-state index in [2.05, 4.69) is 22.4 Å². The minimum absolute atomic E-state index is 0.155. The normalized spacial score (nSPS) is 12.4. The molecule has 1 aromatic heterocycles. The lowest BCUT2D eigenvalue weighted by Crippen LogP contribution is -2.22. The van der Waals surface area contributed by atoms with Crippen LogP contribution in [-0.2, 0) is 6.54 Å². The molecular weight excluding hydrogens is 303 g/mol. The van der Waals surface area contributed by atoms with E-state index in [1.807, 2.05) is 18.2 Å². The summed E-state index contributed by atoms with van der Waals surface area (Å²) in [5.41, 5.74) is 2.88. The van der Waals surface area contributed by atoms with Gasteiger partial charge in [0.05, 0.1) is 5.52 Å². The molecule has 0 aliphatic carbocycles. The predicted octanol–water partition coefficient (Wildman–Crippen LogP) is 3.63. The molecule has 124 valence electrons. The average Bonchev–Trinajstić information content (AvgIpc) is 2.64. The Labute approximate surface area is 141 Å². The summed E-state index contributed by atoms with van der Waals surface area (Å²) in [4.78, 5) is 4.31. The molecule has 0 saturated carbocycles. The number of aromatic nitrogens is 1. The fourth-order valence-corrected chi connectivity index (χ4v) is 2.99. The number of hydrogen-bond acceptors (Lipinski definition) is 3. The van der Waals surface area contributed by atoms with Gasteiger partial charge in [-0.25, -0.2) is 4.39 Å². The summed E-state index contributed by atoms with van der Waals surface area (Å²) in [6, 6.07) is 16.9. The molecule has 1 heterocycles. The molecular formula is C20H21FN2O. The largest absolute Gasteiger partial charge is 0.396 e. The van der Waals surface area contributed by atoms with Crippen LogP contribution in [0.5, 0.6) is 0 Å². The third-order valence-corrected chi connectivity index (χ3v) is 4.25. The van der Waals surface area contributed by atoms with Crippen molar-refractivity contribution in [2.24, 2.45) is 0 Å². The molecule has 1 atom stereocenters. The van der Waals surface area contributed by atoms with E-state index in [4.69, 9.17) is 0 Å². The summed E-state index contributed by atoms with van der Waals surface area (Å²) in [7, 11) is 0. The highest BCUT2D eigenvalue weighted by Gasteiger charge is 2.11. The van der Waals surface area contributed by atoms with Crippen molar-refractivity contribution in [3.63, 3.8) is 0 Å². The minimum atomic E-state index is -0.246. The topological polar surface area (TPSA) is 45.1 Å². The Morgan fingerprint density at radius 3 is 2.67 bits per heavy atom. The van der Waals surface area contributed by atoms with Crippen LogP contribution < -0.4 is 5.32 Å². The average molecular weight is 324 g/mol. The standard InChI is InChI=1S/C20H21FN2O/c21-19-9-8-17(20-18(19)7-4-11-23-20)14-22-13-16(10-12-24)15-5-2-1-3-6-15/h1-9,11,16,22,24H,10,12-14H2. The zero-order valence-electron chi connectivity index (χ0n) is 13.5. The molecule has 0 amide bonds. The maximum atomic E-state index is 13.9. The Morgan fingerprint density at radius 2 is 1.88 bits per heavy atom. The molecule has 0 spiro atoms.